The van der Waals surface area contributed by atoms with Crippen molar-refractivity contribution >= 4 is 32.6 Å². The fraction of sp³-hybridized carbons (Fsp3) is 0.318. The summed E-state index contributed by atoms with van der Waals surface area (Å²) in [5.41, 5.74) is 1.60. The van der Waals surface area contributed by atoms with E-state index in [-0.39, 0.29) is 17.2 Å². The monoisotopic (exact) mass is 430 g/mol. The minimum atomic E-state index is -3.53. The van der Waals surface area contributed by atoms with Crippen LogP contribution in [0, 0.1) is 5.82 Å². The molecule has 8 heteroatoms. The summed E-state index contributed by atoms with van der Waals surface area (Å²) < 4.78 is 46.0. The molecule has 1 aliphatic heterocycles. The van der Waals surface area contributed by atoms with Crippen molar-refractivity contribution in [1.82, 2.24) is 4.31 Å². The first-order valence-corrected chi connectivity index (χ1v) is 11.4. The molecule has 30 heavy (non-hydrogen) atoms. The van der Waals surface area contributed by atoms with E-state index in [0.717, 1.165) is 25.7 Å². The molecule has 0 spiro atoms. The van der Waals surface area contributed by atoms with Crippen LogP contribution in [-0.2, 0) is 21.2 Å². The van der Waals surface area contributed by atoms with E-state index in [9.17, 15) is 17.6 Å². The van der Waals surface area contributed by atoms with E-state index in [0.29, 0.717) is 35.3 Å². The predicted octanol–water partition coefficient (Wildman–Crippen LogP) is 4.32. The average Bonchev–Trinajstić information content (AvgIpc) is 2.93. The Labute approximate surface area is 174 Å². The number of rotatable bonds is 5. The Bertz CT molecular complexity index is 1150. The van der Waals surface area contributed by atoms with Crippen molar-refractivity contribution in [3.63, 3.8) is 0 Å². The van der Waals surface area contributed by atoms with Crippen LogP contribution < -0.4 is 5.32 Å². The summed E-state index contributed by atoms with van der Waals surface area (Å²) in [5.74, 6) is -0.697. The van der Waals surface area contributed by atoms with Crippen molar-refractivity contribution in [3.8, 4) is 0 Å². The van der Waals surface area contributed by atoms with E-state index in [2.05, 4.69) is 5.32 Å². The lowest BCUT2D eigenvalue weighted by Crippen LogP contribution is -2.31. The van der Waals surface area contributed by atoms with Crippen molar-refractivity contribution < 1.29 is 22.0 Å². The zero-order valence-corrected chi connectivity index (χ0v) is 17.3. The maximum absolute atomic E-state index is 13.5. The quantitative estimate of drug-likeness (QED) is 0.654. The molecule has 1 fully saturated rings. The van der Waals surface area contributed by atoms with Crippen LogP contribution in [0.2, 0.25) is 0 Å². The van der Waals surface area contributed by atoms with Gasteiger partial charge in [-0.15, -0.1) is 0 Å². The minimum Gasteiger partial charge on any atom is -0.464 e. The molecule has 4 rings (SSSR count). The lowest BCUT2D eigenvalue weighted by Gasteiger charge is -2.20. The molecule has 1 aromatic heterocycles. The summed E-state index contributed by atoms with van der Waals surface area (Å²) in [5, 5.41) is 3.30. The van der Waals surface area contributed by atoms with Gasteiger partial charge in [-0.3, -0.25) is 4.79 Å². The van der Waals surface area contributed by atoms with Crippen molar-refractivity contribution in [2.45, 2.75) is 37.0 Å². The topological polar surface area (TPSA) is 79.6 Å². The summed E-state index contributed by atoms with van der Waals surface area (Å²) in [6, 6.07) is 10.3. The van der Waals surface area contributed by atoms with Crippen LogP contribution in [0.4, 0.5) is 10.1 Å². The van der Waals surface area contributed by atoms with Gasteiger partial charge in [0.2, 0.25) is 15.9 Å². The number of hydrogen-bond acceptors (Lipinski definition) is 4. The first kappa shape index (κ1) is 20.6. The van der Waals surface area contributed by atoms with E-state index in [4.69, 9.17) is 4.42 Å². The molecule has 0 radical (unpaired) electrons. The molecule has 2 heterocycles. The molecular weight excluding hydrogens is 407 g/mol. The highest BCUT2D eigenvalue weighted by Crippen LogP contribution is 2.24. The SMILES string of the molecule is O=C(Cc1coc2ccc(F)cc12)Nc1ccc(S(=O)(=O)N2CCCCCC2)cc1. The Morgan fingerprint density at radius 3 is 2.43 bits per heavy atom. The van der Waals surface area contributed by atoms with Crippen LogP contribution in [0.25, 0.3) is 11.0 Å². The summed E-state index contributed by atoms with van der Waals surface area (Å²) in [7, 11) is -3.53. The number of hydrogen-bond donors (Lipinski definition) is 1. The van der Waals surface area contributed by atoms with Gasteiger partial charge in [0.15, 0.2) is 0 Å². The first-order valence-electron chi connectivity index (χ1n) is 9.99. The standard InChI is InChI=1S/C22H23FN2O4S/c23-17-5-10-21-20(14-17)16(15-29-21)13-22(26)24-18-6-8-19(9-7-18)30(27,28)25-11-3-1-2-4-12-25/h5-10,14-15H,1-4,11-13H2,(H,24,26). The van der Waals surface area contributed by atoms with Crippen molar-refractivity contribution in [2.24, 2.45) is 0 Å². The van der Waals surface area contributed by atoms with Gasteiger partial charge in [-0.1, -0.05) is 12.8 Å². The maximum atomic E-state index is 13.5. The molecule has 1 saturated heterocycles. The lowest BCUT2D eigenvalue weighted by molar-refractivity contribution is -0.115. The van der Waals surface area contributed by atoms with Crippen molar-refractivity contribution in [3.05, 3.63) is 60.1 Å². The second-order valence-electron chi connectivity index (χ2n) is 7.47. The molecule has 1 aliphatic rings. The smallest absolute Gasteiger partial charge is 0.243 e. The van der Waals surface area contributed by atoms with Gasteiger partial charge in [0.1, 0.15) is 11.4 Å². The normalized spacial score (nSPS) is 15.8. The number of carbonyl (C=O) groups is 1. The van der Waals surface area contributed by atoms with Crippen LogP contribution in [0.3, 0.4) is 0 Å². The number of sulfonamides is 1. The summed E-state index contributed by atoms with van der Waals surface area (Å²) in [6.07, 6.45) is 5.32. The lowest BCUT2D eigenvalue weighted by atomic mass is 10.1. The Kier molecular flexibility index (Phi) is 5.87. The molecule has 6 nitrogen and oxygen atoms in total. The van der Waals surface area contributed by atoms with Gasteiger partial charge in [0.25, 0.3) is 0 Å². The van der Waals surface area contributed by atoms with Gasteiger partial charge in [-0.2, -0.15) is 4.31 Å². The van der Waals surface area contributed by atoms with Crippen LogP contribution >= 0.6 is 0 Å². The number of amides is 1. The maximum Gasteiger partial charge on any atom is 0.243 e. The zero-order chi connectivity index (χ0) is 21.1. The Morgan fingerprint density at radius 1 is 1.03 bits per heavy atom. The van der Waals surface area contributed by atoms with E-state index in [1.54, 1.807) is 12.1 Å². The second kappa shape index (κ2) is 8.57. The van der Waals surface area contributed by atoms with Gasteiger partial charge in [-0.05, 0) is 55.3 Å². The molecule has 0 atom stereocenters. The van der Waals surface area contributed by atoms with E-state index in [1.807, 2.05) is 0 Å². The number of anilines is 1. The Morgan fingerprint density at radius 2 is 1.73 bits per heavy atom. The second-order valence-corrected chi connectivity index (χ2v) is 9.41. The van der Waals surface area contributed by atoms with Gasteiger partial charge in [-0.25, -0.2) is 12.8 Å². The Hall–Kier alpha value is -2.71. The predicted molar refractivity (Wildman–Crippen MR) is 112 cm³/mol. The van der Waals surface area contributed by atoms with Crippen LogP contribution in [-0.4, -0.2) is 31.7 Å². The van der Waals surface area contributed by atoms with E-state index < -0.39 is 15.8 Å². The number of fused-ring (bicyclic) bond motifs is 1. The molecule has 1 amide bonds. The molecule has 0 bridgehead atoms. The summed E-state index contributed by atoms with van der Waals surface area (Å²) >= 11 is 0. The number of nitrogens with zero attached hydrogens (tertiary/aromatic N) is 1. The Balaban J connectivity index is 1.44. The third-order valence-electron chi connectivity index (χ3n) is 5.31. The van der Waals surface area contributed by atoms with Crippen molar-refractivity contribution in [2.75, 3.05) is 18.4 Å². The van der Waals surface area contributed by atoms with E-state index in [1.165, 1.54) is 40.9 Å². The molecule has 0 saturated carbocycles. The molecule has 158 valence electrons. The molecule has 1 N–H and O–H groups in total. The fourth-order valence-electron chi connectivity index (χ4n) is 3.71. The molecule has 2 aromatic carbocycles. The minimum absolute atomic E-state index is 0.0181. The highest BCUT2D eigenvalue weighted by Gasteiger charge is 2.25. The highest BCUT2D eigenvalue weighted by molar-refractivity contribution is 7.89. The summed E-state index contributed by atoms with van der Waals surface area (Å²) in [4.78, 5) is 12.6. The number of halogens is 1. The number of nitrogens with one attached hydrogen (secondary N) is 1. The van der Waals surface area contributed by atoms with Gasteiger partial charge >= 0.3 is 0 Å². The first-order chi connectivity index (χ1) is 14.4. The van der Waals surface area contributed by atoms with Gasteiger partial charge in [0.05, 0.1) is 17.6 Å². The molecule has 0 unspecified atom stereocenters. The van der Waals surface area contributed by atoms with E-state index >= 15 is 0 Å². The third kappa shape index (κ3) is 4.39. The summed E-state index contributed by atoms with van der Waals surface area (Å²) in [6.45, 7) is 1.08. The zero-order valence-electron chi connectivity index (χ0n) is 16.4. The van der Waals surface area contributed by atoms with Crippen molar-refractivity contribution in [1.29, 1.82) is 0 Å². The fourth-order valence-corrected chi connectivity index (χ4v) is 5.23. The highest BCUT2D eigenvalue weighted by atomic mass is 32.2. The van der Waals surface area contributed by atoms with Crippen LogP contribution in [0.5, 0.6) is 0 Å². The largest absolute Gasteiger partial charge is 0.464 e. The van der Waals surface area contributed by atoms with Crippen LogP contribution in [0.15, 0.2) is 58.0 Å². The molecule has 3 aromatic rings. The van der Waals surface area contributed by atoms with Gasteiger partial charge in [0, 0.05) is 29.7 Å². The molecule has 0 aliphatic carbocycles. The average molecular weight is 431 g/mol. The number of furan rings is 1. The number of benzene rings is 2. The molecular formula is C22H23FN2O4S. The third-order valence-corrected chi connectivity index (χ3v) is 7.22. The number of carbonyl (C=O) groups excluding carboxylic acids is 1. The van der Waals surface area contributed by atoms with Crippen LogP contribution in [0.1, 0.15) is 31.2 Å². The van der Waals surface area contributed by atoms with Gasteiger partial charge < -0.3 is 9.73 Å².